The predicted molar refractivity (Wildman–Crippen MR) is 103 cm³/mol. The minimum atomic E-state index is -0.332. The molecule has 0 aromatic heterocycles. The molecule has 1 heterocycles. The van der Waals surface area contributed by atoms with Crippen LogP contribution in [0, 0.1) is 0 Å². The summed E-state index contributed by atoms with van der Waals surface area (Å²) >= 11 is 0. The molecule has 142 valence electrons. The Hall–Kier alpha value is -2.82. The first kappa shape index (κ1) is 19.0. The summed E-state index contributed by atoms with van der Waals surface area (Å²) < 4.78 is 10.6. The number of ether oxygens (including phenoxy) is 2. The molecule has 0 radical (unpaired) electrons. The Morgan fingerprint density at radius 3 is 1.70 bits per heavy atom. The molecule has 0 saturated carbocycles. The lowest BCUT2D eigenvalue weighted by Gasteiger charge is -2.26. The van der Waals surface area contributed by atoms with E-state index in [1.165, 1.54) is 6.92 Å². The van der Waals surface area contributed by atoms with E-state index in [0.29, 0.717) is 11.5 Å². The van der Waals surface area contributed by atoms with Crippen molar-refractivity contribution < 1.29 is 19.1 Å². The zero-order valence-electron chi connectivity index (χ0n) is 16.0. The molecular weight excluding hydrogens is 342 g/mol. The second-order valence-corrected chi connectivity index (χ2v) is 7.33. The summed E-state index contributed by atoms with van der Waals surface area (Å²) in [4.78, 5) is 24.9. The van der Waals surface area contributed by atoms with Gasteiger partial charge in [-0.25, -0.2) is 4.79 Å². The zero-order valence-corrected chi connectivity index (χ0v) is 16.0. The fraction of sp³-hybridized carbons (Fsp3) is 0.364. The van der Waals surface area contributed by atoms with Gasteiger partial charge in [-0.2, -0.15) is 0 Å². The molecule has 0 N–H and O–H groups in total. The van der Waals surface area contributed by atoms with Gasteiger partial charge in [0, 0.05) is 25.4 Å². The van der Waals surface area contributed by atoms with Crippen LogP contribution in [0.2, 0.25) is 0 Å². The van der Waals surface area contributed by atoms with Crippen LogP contribution in [0.1, 0.15) is 44.7 Å². The maximum atomic E-state index is 12.1. The summed E-state index contributed by atoms with van der Waals surface area (Å²) in [7, 11) is 0. The third-order valence-corrected chi connectivity index (χ3v) is 4.98. The molecule has 1 amide bonds. The number of nitrogens with zero attached hydrogens (tertiary/aromatic N) is 1. The zero-order chi connectivity index (χ0) is 19.4. The molecule has 2 aromatic rings. The van der Waals surface area contributed by atoms with Crippen molar-refractivity contribution in [1.82, 2.24) is 4.90 Å². The first-order chi connectivity index (χ1) is 12.9. The summed E-state index contributed by atoms with van der Waals surface area (Å²) in [6.07, 6.45) is 1.80. The number of rotatable bonds is 4. The van der Waals surface area contributed by atoms with Gasteiger partial charge >= 0.3 is 12.1 Å². The second kappa shape index (κ2) is 7.82. The van der Waals surface area contributed by atoms with Crippen molar-refractivity contribution in [2.24, 2.45) is 0 Å². The lowest BCUT2D eigenvalue weighted by Crippen LogP contribution is -2.30. The van der Waals surface area contributed by atoms with Crippen molar-refractivity contribution >= 4 is 12.1 Å². The molecule has 5 heteroatoms. The third kappa shape index (κ3) is 4.48. The van der Waals surface area contributed by atoms with E-state index >= 15 is 0 Å². The summed E-state index contributed by atoms with van der Waals surface area (Å²) in [5.41, 5.74) is 1.95. The highest BCUT2D eigenvalue weighted by Gasteiger charge is 2.24. The fourth-order valence-electron chi connectivity index (χ4n) is 3.28. The molecule has 0 unspecified atom stereocenters. The lowest BCUT2D eigenvalue weighted by atomic mass is 9.78. The molecule has 2 aromatic carbocycles. The summed E-state index contributed by atoms with van der Waals surface area (Å²) in [5.74, 6) is 0.754. The molecule has 1 aliphatic rings. The number of esters is 1. The molecular formula is C22H25NO4. The van der Waals surface area contributed by atoms with E-state index < -0.39 is 0 Å². The van der Waals surface area contributed by atoms with Crippen molar-refractivity contribution in [1.29, 1.82) is 0 Å². The summed E-state index contributed by atoms with van der Waals surface area (Å²) in [5, 5.41) is 0. The first-order valence-electron chi connectivity index (χ1n) is 9.22. The Morgan fingerprint density at radius 2 is 1.26 bits per heavy atom. The van der Waals surface area contributed by atoms with Crippen molar-refractivity contribution in [3.05, 3.63) is 59.7 Å². The quantitative estimate of drug-likeness (QED) is 0.588. The van der Waals surface area contributed by atoms with Gasteiger partial charge in [-0.05, 0) is 48.2 Å². The normalized spacial score (nSPS) is 14.1. The van der Waals surface area contributed by atoms with E-state index in [0.717, 1.165) is 37.1 Å². The van der Waals surface area contributed by atoms with Crippen molar-refractivity contribution in [2.45, 2.75) is 39.0 Å². The van der Waals surface area contributed by atoms with E-state index in [1.807, 2.05) is 36.4 Å². The van der Waals surface area contributed by atoms with Gasteiger partial charge in [0.2, 0.25) is 0 Å². The fourth-order valence-corrected chi connectivity index (χ4v) is 3.28. The van der Waals surface area contributed by atoms with Crippen LogP contribution < -0.4 is 9.47 Å². The van der Waals surface area contributed by atoms with Gasteiger partial charge in [0.05, 0.1) is 0 Å². The number of carbonyl (C=O) groups is 2. The highest BCUT2D eigenvalue weighted by Crippen LogP contribution is 2.33. The molecule has 5 nitrogen and oxygen atoms in total. The van der Waals surface area contributed by atoms with Crippen molar-refractivity contribution in [2.75, 3.05) is 13.1 Å². The molecule has 3 rings (SSSR count). The number of benzene rings is 2. The van der Waals surface area contributed by atoms with E-state index in [1.54, 1.807) is 17.0 Å². The van der Waals surface area contributed by atoms with Crippen molar-refractivity contribution in [3.8, 4) is 11.5 Å². The van der Waals surface area contributed by atoms with Crippen LogP contribution in [0.25, 0.3) is 0 Å². The Balaban J connectivity index is 1.70. The Morgan fingerprint density at radius 1 is 0.815 bits per heavy atom. The van der Waals surface area contributed by atoms with E-state index in [4.69, 9.17) is 9.47 Å². The first-order valence-corrected chi connectivity index (χ1v) is 9.22. The second-order valence-electron chi connectivity index (χ2n) is 7.33. The molecule has 1 saturated heterocycles. The maximum absolute atomic E-state index is 12.1. The number of carbonyl (C=O) groups excluding carboxylic acids is 2. The van der Waals surface area contributed by atoms with E-state index in [9.17, 15) is 9.59 Å². The Bertz CT molecular complexity index is 803. The summed E-state index contributed by atoms with van der Waals surface area (Å²) in [6.45, 7) is 7.18. The molecule has 0 atom stereocenters. The van der Waals surface area contributed by atoms with Crippen LogP contribution >= 0.6 is 0 Å². The Labute approximate surface area is 159 Å². The Kier molecular flexibility index (Phi) is 5.49. The molecule has 1 fully saturated rings. The van der Waals surface area contributed by atoms with Crippen LogP contribution in [0.15, 0.2) is 48.5 Å². The van der Waals surface area contributed by atoms with Gasteiger partial charge in [-0.15, -0.1) is 0 Å². The van der Waals surface area contributed by atoms with E-state index in [2.05, 4.69) is 13.8 Å². The van der Waals surface area contributed by atoms with Crippen LogP contribution in [0.5, 0.6) is 11.5 Å². The van der Waals surface area contributed by atoms with Gasteiger partial charge in [-0.1, -0.05) is 38.1 Å². The third-order valence-electron chi connectivity index (χ3n) is 4.98. The highest BCUT2D eigenvalue weighted by molar-refractivity contribution is 5.71. The largest absolute Gasteiger partial charge is 0.427 e. The average molecular weight is 367 g/mol. The topological polar surface area (TPSA) is 55.8 Å². The minimum Gasteiger partial charge on any atom is -0.427 e. The van der Waals surface area contributed by atoms with Gasteiger partial charge in [0.1, 0.15) is 11.5 Å². The van der Waals surface area contributed by atoms with Gasteiger partial charge in [-0.3, -0.25) is 4.79 Å². The SMILES string of the molecule is CC(=O)Oc1ccc(C(C)(C)c2ccc(OC(=O)N3CCCC3)cc2)cc1. The minimum absolute atomic E-state index is 0.244. The van der Waals surface area contributed by atoms with E-state index in [-0.39, 0.29) is 17.5 Å². The molecule has 0 aliphatic carbocycles. The van der Waals surface area contributed by atoms with Gasteiger partial charge in [0.25, 0.3) is 0 Å². The molecule has 1 aliphatic heterocycles. The molecule has 27 heavy (non-hydrogen) atoms. The lowest BCUT2D eigenvalue weighted by molar-refractivity contribution is -0.131. The monoisotopic (exact) mass is 367 g/mol. The van der Waals surface area contributed by atoms with Crippen molar-refractivity contribution in [3.63, 3.8) is 0 Å². The number of hydrogen-bond acceptors (Lipinski definition) is 4. The summed E-state index contributed by atoms with van der Waals surface area (Å²) in [6, 6.07) is 15.1. The highest BCUT2D eigenvalue weighted by atomic mass is 16.6. The maximum Gasteiger partial charge on any atom is 0.415 e. The van der Waals surface area contributed by atoms with Crippen LogP contribution in [-0.4, -0.2) is 30.1 Å². The van der Waals surface area contributed by atoms with Gasteiger partial charge < -0.3 is 14.4 Å². The number of likely N-dealkylation sites (tertiary alicyclic amines) is 1. The number of hydrogen-bond donors (Lipinski definition) is 0. The molecule has 0 bridgehead atoms. The average Bonchev–Trinajstić information content (AvgIpc) is 3.17. The molecule has 0 spiro atoms. The van der Waals surface area contributed by atoms with Gasteiger partial charge in [0.15, 0.2) is 0 Å². The predicted octanol–water partition coefficient (Wildman–Crippen LogP) is 4.53. The van der Waals surface area contributed by atoms with Crippen LogP contribution in [-0.2, 0) is 10.2 Å². The van der Waals surface area contributed by atoms with Crippen LogP contribution in [0.3, 0.4) is 0 Å². The van der Waals surface area contributed by atoms with Crippen LogP contribution in [0.4, 0.5) is 4.79 Å². The smallest absolute Gasteiger partial charge is 0.415 e. The standard InChI is InChI=1S/C22H25NO4/c1-16(24)26-19-10-6-17(7-11-19)22(2,3)18-8-12-20(13-9-18)27-21(25)23-14-4-5-15-23/h6-13H,4-5,14-15H2,1-3H3. The number of amides is 1.